The number of rotatable bonds is 4. The number of hydrogen-bond donors (Lipinski definition) is 2. The Balaban J connectivity index is 2.55. The molecule has 0 saturated heterocycles. The third-order valence-corrected chi connectivity index (χ3v) is 2.58. The topological polar surface area (TPSA) is 49.3 Å². The van der Waals surface area contributed by atoms with Gasteiger partial charge in [-0.3, -0.25) is 4.79 Å². The predicted molar refractivity (Wildman–Crippen MR) is 65.3 cm³/mol. The van der Waals surface area contributed by atoms with Gasteiger partial charge in [0.1, 0.15) is 0 Å². The van der Waals surface area contributed by atoms with Gasteiger partial charge in [0.05, 0.1) is 12.5 Å². The van der Waals surface area contributed by atoms with Gasteiger partial charge < -0.3 is 10.4 Å². The molecule has 0 radical (unpaired) electrons. The lowest BCUT2D eigenvalue weighted by atomic mass is 10.0. The van der Waals surface area contributed by atoms with Crippen LogP contribution < -0.4 is 5.32 Å². The van der Waals surface area contributed by atoms with Gasteiger partial charge in [-0.1, -0.05) is 32.0 Å². The van der Waals surface area contributed by atoms with Gasteiger partial charge in [-0.05, 0) is 24.5 Å². The van der Waals surface area contributed by atoms with Crippen LogP contribution in [-0.4, -0.2) is 17.1 Å². The molecule has 1 aromatic carbocycles. The maximum atomic E-state index is 11.6. The van der Waals surface area contributed by atoms with E-state index in [4.69, 9.17) is 0 Å². The fourth-order valence-corrected chi connectivity index (χ4v) is 1.34. The molecule has 1 amide bonds. The van der Waals surface area contributed by atoms with Crippen molar-refractivity contribution in [3.63, 3.8) is 0 Å². The molecule has 0 spiro atoms. The number of hydrogen-bond acceptors (Lipinski definition) is 2. The lowest BCUT2D eigenvalue weighted by Gasteiger charge is -2.14. The number of amides is 1. The summed E-state index contributed by atoms with van der Waals surface area (Å²) < 4.78 is 0. The first-order chi connectivity index (χ1) is 7.50. The molecule has 0 bridgehead atoms. The number of para-hydroxylation sites is 1. The standard InChI is InChI=1S/C13H19NO2/c1-9(2)12(15)8-13(16)14-11-7-5-4-6-10(11)3/h4-7,9,12,15H,8H2,1-3H3,(H,14,16). The van der Waals surface area contributed by atoms with Crippen molar-refractivity contribution in [2.45, 2.75) is 33.3 Å². The lowest BCUT2D eigenvalue weighted by Crippen LogP contribution is -2.23. The van der Waals surface area contributed by atoms with E-state index >= 15 is 0 Å². The van der Waals surface area contributed by atoms with Crippen LogP contribution >= 0.6 is 0 Å². The number of nitrogens with one attached hydrogen (secondary N) is 1. The van der Waals surface area contributed by atoms with Crippen LogP contribution in [0.3, 0.4) is 0 Å². The van der Waals surface area contributed by atoms with Crippen LogP contribution in [0.2, 0.25) is 0 Å². The lowest BCUT2D eigenvalue weighted by molar-refractivity contribution is -0.118. The first kappa shape index (κ1) is 12.7. The molecule has 0 saturated carbocycles. The van der Waals surface area contributed by atoms with E-state index in [-0.39, 0.29) is 18.2 Å². The fourth-order valence-electron chi connectivity index (χ4n) is 1.34. The molecule has 0 aliphatic carbocycles. The number of carbonyl (C=O) groups excluding carboxylic acids is 1. The van der Waals surface area contributed by atoms with Crippen molar-refractivity contribution >= 4 is 11.6 Å². The van der Waals surface area contributed by atoms with Gasteiger partial charge in [-0.25, -0.2) is 0 Å². The number of aliphatic hydroxyl groups is 1. The highest BCUT2D eigenvalue weighted by atomic mass is 16.3. The summed E-state index contributed by atoms with van der Waals surface area (Å²) in [5, 5.41) is 12.4. The highest BCUT2D eigenvalue weighted by molar-refractivity contribution is 5.91. The van der Waals surface area contributed by atoms with E-state index in [0.717, 1.165) is 11.3 Å². The molecule has 1 atom stereocenters. The van der Waals surface area contributed by atoms with Crippen molar-refractivity contribution in [2.24, 2.45) is 5.92 Å². The number of aliphatic hydroxyl groups excluding tert-OH is 1. The molecule has 0 aliphatic rings. The third-order valence-electron chi connectivity index (χ3n) is 2.58. The second kappa shape index (κ2) is 5.66. The molecular formula is C13H19NO2. The molecule has 1 unspecified atom stereocenters. The Morgan fingerprint density at radius 3 is 2.56 bits per heavy atom. The van der Waals surface area contributed by atoms with Gasteiger partial charge in [0.15, 0.2) is 0 Å². The van der Waals surface area contributed by atoms with Crippen molar-refractivity contribution in [2.75, 3.05) is 5.32 Å². The summed E-state index contributed by atoms with van der Waals surface area (Å²) in [6.45, 7) is 5.73. The monoisotopic (exact) mass is 221 g/mol. The Morgan fingerprint density at radius 2 is 2.00 bits per heavy atom. The maximum absolute atomic E-state index is 11.6. The molecule has 3 nitrogen and oxygen atoms in total. The predicted octanol–water partition coefficient (Wildman–Crippen LogP) is 2.34. The Morgan fingerprint density at radius 1 is 1.38 bits per heavy atom. The van der Waals surface area contributed by atoms with Crippen LogP contribution in [0, 0.1) is 12.8 Å². The molecule has 16 heavy (non-hydrogen) atoms. The second-order valence-corrected chi connectivity index (χ2v) is 4.38. The minimum absolute atomic E-state index is 0.0996. The van der Waals surface area contributed by atoms with Gasteiger partial charge in [-0.15, -0.1) is 0 Å². The van der Waals surface area contributed by atoms with Crippen molar-refractivity contribution in [1.82, 2.24) is 0 Å². The molecule has 0 aromatic heterocycles. The normalized spacial score (nSPS) is 12.6. The Bertz CT molecular complexity index is 361. The summed E-state index contributed by atoms with van der Waals surface area (Å²) in [4.78, 5) is 11.6. The van der Waals surface area contributed by atoms with Crippen LogP contribution in [0.5, 0.6) is 0 Å². The molecule has 0 fully saturated rings. The van der Waals surface area contributed by atoms with Gasteiger partial charge in [0.2, 0.25) is 5.91 Å². The van der Waals surface area contributed by atoms with Gasteiger partial charge in [0.25, 0.3) is 0 Å². The van der Waals surface area contributed by atoms with Crippen LogP contribution in [0.4, 0.5) is 5.69 Å². The van der Waals surface area contributed by atoms with Crippen LogP contribution in [0.25, 0.3) is 0 Å². The number of benzene rings is 1. The number of anilines is 1. The molecule has 88 valence electrons. The highest BCUT2D eigenvalue weighted by Gasteiger charge is 2.14. The zero-order valence-electron chi connectivity index (χ0n) is 10.0. The summed E-state index contributed by atoms with van der Waals surface area (Å²) >= 11 is 0. The molecule has 1 aromatic rings. The summed E-state index contributed by atoms with van der Waals surface area (Å²) in [6.07, 6.45) is -0.435. The number of aryl methyl sites for hydroxylation is 1. The fraction of sp³-hybridized carbons (Fsp3) is 0.462. The van der Waals surface area contributed by atoms with Gasteiger partial charge >= 0.3 is 0 Å². The summed E-state index contributed by atoms with van der Waals surface area (Å²) in [6, 6.07) is 7.60. The molecule has 0 aliphatic heterocycles. The van der Waals surface area contributed by atoms with Crippen LogP contribution in [0.1, 0.15) is 25.8 Å². The number of carbonyl (C=O) groups is 1. The molecular weight excluding hydrogens is 202 g/mol. The zero-order chi connectivity index (χ0) is 12.1. The van der Waals surface area contributed by atoms with E-state index in [9.17, 15) is 9.90 Å². The minimum Gasteiger partial charge on any atom is -0.392 e. The van der Waals surface area contributed by atoms with E-state index in [1.165, 1.54) is 0 Å². The summed E-state index contributed by atoms with van der Waals surface area (Å²) in [7, 11) is 0. The maximum Gasteiger partial charge on any atom is 0.226 e. The average Bonchev–Trinajstić information content (AvgIpc) is 2.21. The molecule has 2 N–H and O–H groups in total. The third kappa shape index (κ3) is 3.66. The van der Waals surface area contributed by atoms with E-state index in [1.807, 2.05) is 45.0 Å². The van der Waals surface area contributed by atoms with E-state index in [2.05, 4.69) is 5.32 Å². The Labute approximate surface area is 96.5 Å². The smallest absolute Gasteiger partial charge is 0.226 e. The quantitative estimate of drug-likeness (QED) is 0.820. The highest BCUT2D eigenvalue weighted by Crippen LogP contribution is 2.14. The van der Waals surface area contributed by atoms with E-state index in [0.29, 0.717) is 0 Å². The first-order valence-corrected chi connectivity index (χ1v) is 5.54. The van der Waals surface area contributed by atoms with E-state index < -0.39 is 6.10 Å². The van der Waals surface area contributed by atoms with Gasteiger partial charge in [-0.2, -0.15) is 0 Å². The molecule has 1 rings (SSSR count). The first-order valence-electron chi connectivity index (χ1n) is 5.54. The van der Waals surface area contributed by atoms with Crippen LogP contribution in [0.15, 0.2) is 24.3 Å². The molecule has 3 heteroatoms. The van der Waals surface area contributed by atoms with Crippen molar-refractivity contribution in [3.05, 3.63) is 29.8 Å². The SMILES string of the molecule is Cc1ccccc1NC(=O)CC(O)C(C)C. The van der Waals surface area contributed by atoms with E-state index in [1.54, 1.807) is 0 Å². The van der Waals surface area contributed by atoms with Crippen LogP contribution in [-0.2, 0) is 4.79 Å². The summed E-state index contributed by atoms with van der Waals surface area (Å²) in [5.74, 6) is -0.0434. The van der Waals surface area contributed by atoms with Crippen molar-refractivity contribution in [3.8, 4) is 0 Å². The van der Waals surface area contributed by atoms with Gasteiger partial charge in [0, 0.05) is 5.69 Å². The van der Waals surface area contributed by atoms with Crippen molar-refractivity contribution in [1.29, 1.82) is 0 Å². The summed E-state index contributed by atoms with van der Waals surface area (Å²) in [5.41, 5.74) is 1.83. The second-order valence-electron chi connectivity index (χ2n) is 4.38. The van der Waals surface area contributed by atoms with Crippen molar-refractivity contribution < 1.29 is 9.90 Å². The minimum atomic E-state index is -0.580. The Hall–Kier alpha value is -1.35. The molecule has 0 heterocycles. The Kier molecular flexibility index (Phi) is 4.50. The largest absolute Gasteiger partial charge is 0.392 e. The zero-order valence-corrected chi connectivity index (χ0v) is 10.0. The average molecular weight is 221 g/mol.